The summed E-state index contributed by atoms with van der Waals surface area (Å²) in [5.74, 6) is 0. The Balaban J connectivity index is 1.17. The highest BCUT2D eigenvalue weighted by molar-refractivity contribution is 6.16. The highest BCUT2D eigenvalue weighted by atomic mass is 16.3. The summed E-state index contributed by atoms with van der Waals surface area (Å²) in [7, 11) is 0. The Bertz CT molecular complexity index is 3930. The van der Waals surface area contributed by atoms with Crippen LogP contribution >= 0.6 is 0 Å². The molecule has 3 heterocycles. The van der Waals surface area contributed by atoms with Gasteiger partial charge in [0.05, 0.1) is 48.4 Å². The molecule has 0 atom stereocenters. The van der Waals surface area contributed by atoms with Crippen LogP contribution in [0, 0.1) is 0 Å². The van der Waals surface area contributed by atoms with E-state index in [2.05, 4.69) is 59.2 Å². The van der Waals surface area contributed by atoms with Crippen LogP contribution in [0.25, 0.3) is 110 Å². The Morgan fingerprint density at radius 3 is 1.95 bits per heavy atom. The van der Waals surface area contributed by atoms with Crippen LogP contribution in [-0.4, -0.2) is 9.13 Å². The van der Waals surface area contributed by atoms with E-state index in [1.54, 1.807) is 10.6 Å². The Hall–Kier alpha value is -7.62. The molecule has 0 spiro atoms. The van der Waals surface area contributed by atoms with Crippen molar-refractivity contribution < 1.29 is 14.0 Å². The average molecular weight is 734 g/mol. The van der Waals surface area contributed by atoms with Gasteiger partial charge in [-0.1, -0.05) is 145 Å². The highest BCUT2D eigenvalue weighted by Crippen LogP contribution is 2.42. The first kappa shape index (κ1) is 25.5. The van der Waals surface area contributed by atoms with Crippen molar-refractivity contribution in [3.63, 3.8) is 0 Å². The number of furan rings is 1. The van der Waals surface area contributed by atoms with Crippen molar-refractivity contribution in [1.29, 1.82) is 0 Å². The zero-order valence-corrected chi connectivity index (χ0v) is 30.4. The molecule has 57 heavy (non-hydrogen) atoms. The van der Waals surface area contributed by atoms with Gasteiger partial charge in [0.25, 0.3) is 0 Å². The van der Waals surface area contributed by atoms with Crippen molar-refractivity contribution in [1.82, 2.24) is 9.13 Å². The molecule has 0 saturated carbocycles. The molecule has 0 aliphatic carbocycles. The summed E-state index contributed by atoms with van der Waals surface area (Å²) in [6.07, 6.45) is 0. The lowest BCUT2D eigenvalue weighted by Gasteiger charge is -2.14. The molecule has 0 fully saturated rings. The fourth-order valence-electron chi connectivity index (χ4n) is 8.62. The van der Waals surface area contributed by atoms with E-state index < -0.39 is 12.1 Å². The summed E-state index contributed by atoms with van der Waals surface area (Å²) in [4.78, 5) is 0. The van der Waals surface area contributed by atoms with Gasteiger partial charge in [-0.3, -0.25) is 0 Å². The molecule has 0 N–H and O–H groups in total. The summed E-state index contributed by atoms with van der Waals surface area (Å²) >= 11 is 0. The van der Waals surface area contributed by atoms with Crippen molar-refractivity contribution in [2.24, 2.45) is 0 Å². The number of nitrogens with zero attached hydrogens (tertiary/aromatic N) is 2. The number of aromatic nitrogens is 2. The number of hydrogen-bond acceptors (Lipinski definition) is 1. The lowest BCUT2D eigenvalue weighted by Crippen LogP contribution is -1.97. The monoisotopic (exact) mass is 733 g/mol. The molecular weight excluding hydrogens is 693 g/mol. The van der Waals surface area contributed by atoms with E-state index in [4.69, 9.17) is 7.16 Å². The van der Waals surface area contributed by atoms with E-state index in [0.717, 1.165) is 55.1 Å². The SMILES string of the molecule is [2H]c1c([2H])c([2H])c2c(c1[2H])c1c([2H])c(-c3ccc4c(c3)c3ccc(-c5ccccc5)cc3n4-c3ccccc3-c3ccccc3)c([2H])c([2H])c1n2-c1cccc2oc3ccccc3c12. The van der Waals surface area contributed by atoms with Crippen molar-refractivity contribution in [3.05, 3.63) is 206 Å². The second kappa shape index (κ2) is 12.5. The Labute approximate surface area is 338 Å². The van der Waals surface area contributed by atoms with Gasteiger partial charge >= 0.3 is 0 Å². The Kier molecular flexibility index (Phi) is 5.56. The molecule has 0 radical (unpaired) electrons. The largest absolute Gasteiger partial charge is 0.456 e. The number of para-hydroxylation sites is 3. The van der Waals surface area contributed by atoms with Crippen LogP contribution in [0.5, 0.6) is 0 Å². The van der Waals surface area contributed by atoms with E-state index in [1.165, 1.54) is 0 Å². The fraction of sp³-hybridized carbons (Fsp3) is 0. The summed E-state index contributed by atoms with van der Waals surface area (Å²) in [6, 6.07) is 52.3. The normalized spacial score (nSPS) is 13.6. The van der Waals surface area contributed by atoms with E-state index in [0.29, 0.717) is 27.8 Å². The van der Waals surface area contributed by atoms with Gasteiger partial charge in [0.2, 0.25) is 0 Å². The lowest BCUT2D eigenvalue weighted by atomic mass is 9.99. The molecule has 266 valence electrons. The first-order valence-corrected chi connectivity index (χ1v) is 18.9. The van der Waals surface area contributed by atoms with Gasteiger partial charge in [0.1, 0.15) is 11.2 Å². The molecule has 0 aliphatic heterocycles. The molecule has 0 saturated heterocycles. The highest BCUT2D eigenvalue weighted by Gasteiger charge is 2.20. The molecule has 12 aromatic rings. The molecule has 0 aliphatic rings. The van der Waals surface area contributed by atoms with Gasteiger partial charge in [-0.2, -0.15) is 0 Å². The van der Waals surface area contributed by atoms with Gasteiger partial charge < -0.3 is 13.6 Å². The van der Waals surface area contributed by atoms with Gasteiger partial charge in [-0.05, 0) is 88.4 Å². The standard InChI is InChI=1S/C54H34N2O/c1-3-14-35(15-4-1)39-26-29-42-45-33-38(28-31-49(45)56(51(42)34-39)46-21-10-7-18-40(46)36-16-5-2-6-17-36)37-27-30-48-44(32-37)41-19-8-11-22-47(41)55(48)50-23-13-25-53-54(50)43-20-9-12-24-52(43)57-53/h1-34H/i8D,11D,19D,22D,27D,30D,32D. The average Bonchev–Trinajstić information content (AvgIpc) is 4.01. The molecule has 3 aromatic heterocycles. The Morgan fingerprint density at radius 2 is 1.05 bits per heavy atom. The number of benzene rings is 9. The van der Waals surface area contributed by atoms with Gasteiger partial charge in [0, 0.05) is 32.5 Å². The third-order valence-electron chi connectivity index (χ3n) is 11.2. The second-order valence-corrected chi connectivity index (χ2v) is 14.3. The maximum atomic E-state index is 9.99. The van der Waals surface area contributed by atoms with E-state index in [1.807, 2.05) is 103 Å². The van der Waals surface area contributed by atoms with Crippen LogP contribution in [0.1, 0.15) is 9.60 Å². The molecule has 12 rings (SSSR count). The fourth-order valence-corrected chi connectivity index (χ4v) is 8.62. The van der Waals surface area contributed by atoms with Crippen molar-refractivity contribution >= 4 is 65.6 Å². The molecule has 9 aromatic carbocycles. The maximum absolute atomic E-state index is 9.99. The molecular formula is C54H34N2O. The molecule has 3 heteroatoms. The van der Waals surface area contributed by atoms with E-state index in [9.17, 15) is 6.85 Å². The minimum Gasteiger partial charge on any atom is -0.456 e. The third-order valence-corrected chi connectivity index (χ3v) is 11.2. The zero-order chi connectivity index (χ0) is 43.5. The second-order valence-electron chi connectivity index (χ2n) is 14.3. The van der Waals surface area contributed by atoms with Crippen LogP contribution in [0.15, 0.2) is 211 Å². The van der Waals surface area contributed by atoms with Crippen LogP contribution in [0.4, 0.5) is 0 Å². The van der Waals surface area contributed by atoms with Gasteiger partial charge in [-0.25, -0.2) is 0 Å². The molecule has 0 unspecified atom stereocenters. The summed E-state index contributed by atoms with van der Waals surface area (Å²) in [5, 5.41) is 3.64. The zero-order valence-electron chi connectivity index (χ0n) is 37.4. The maximum Gasteiger partial charge on any atom is 0.137 e. The quantitative estimate of drug-likeness (QED) is 0.173. The lowest BCUT2D eigenvalue weighted by molar-refractivity contribution is 0.669. The minimum absolute atomic E-state index is 0.0992. The predicted octanol–water partition coefficient (Wildman–Crippen LogP) is 14.8. The van der Waals surface area contributed by atoms with E-state index in [-0.39, 0.29) is 57.6 Å². The number of rotatable bonds is 5. The van der Waals surface area contributed by atoms with Crippen molar-refractivity contribution in [3.8, 4) is 44.8 Å². The smallest absolute Gasteiger partial charge is 0.137 e. The van der Waals surface area contributed by atoms with E-state index >= 15 is 0 Å². The first-order valence-electron chi connectivity index (χ1n) is 22.4. The van der Waals surface area contributed by atoms with Crippen LogP contribution in [0.2, 0.25) is 0 Å². The molecule has 3 nitrogen and oxygen atoms in total. The predicted molar refractivity (Wildman–Crippen MR) is 239 cm³/mol. The van der Waals surface area contributed by atoms with Crippen LogP contribution in [0.3, 0.4) is 0 Å². The first-order chi connectivity index (χ1) is 31.2. The Morgan fingerprint density at radius 1 is 0.368 bits per heavy atom. The minimum atomic E-state index is -0.439. The van der Waals surface area contributed by atoms with Gasteiger partial charge in [0.15, 0.2) is 0 Å². The van der Waals surface area contributed by atoms with Crippen LogP contribution in [-0.2, 0) is 0 Å². The van der Waals surface area contributed by atoms with Crippen LogP contribution < -0.4 is 0 Å². The summed E-state index contributed by atoms with van der Waals surface area (Å²) < 4.78 is 75.7. The number of fused-ring (bicyclic) bond motifs is 9. The van der Waals surface area contributed by atoms with Gasteiger partial charge in [-0.15, -0.1) is 0 Å². The summed E-state index contributed by atoms with van der Waals surface area (Å²) in [5.41, 5.74) is 9.91. The van der Waals surface area contributed by atoms with Crippen molar-refractivity contribution in [2.45, 2.75) is 0 Å². The molecule has 0 amide bonds. The number of hydrogen-bond donors (Lipinski definition) is 0. The summed E-state index contributed by atoms with van der Waals surface area (Å²) in [6.45, 7) is 0. The third kappa shape index (κ3) is 4.86. The topological polar surface area (TPSA) is 23.0 Å². The van der Waals surface area contributed by atoms with Crippen molar-refractivity contribution in [2.75, 3.05) is 0 Å². The molecule has 0 bridgehead atoms.